The fraction of sp³-hybridized carbons (Fsp3) is 0.524. The van der Waals surface area contributed by atoms with E-state index in [2.05, 4.69) is 10.6 Å². The number of imide groups is 1. The molecule has 4 amide bonds. The summed E-state index contributed by atoms with van der Waals surface area (Å²) in [5.41, 5.74) is 2.16. The molecule has 0 spiro atoms. The molecule has 3 aliphatic rings. The number of piperidine rings is 1. The van der Waals surface area contributed by atoms with E-state index in [0.29, 0.717) is 24.4 Å². The van der Waals surface area contributed by atoms with Gasteiger partial charge >= 0.3 is 6.09 Å². The molecule has 1 aliphatic carbocycles. The maximum atomic E-state index is 12.8. The Kier molecular flexibility index (Phi) is 5.25. The van der Waals surface area contributed by atoms with E-state index in [4.69, 9.17) is 4.74 Å². The summed E-state index contributed by atoms with van der Waals surface area (Å²) in [4.78, 5) is 49.7. The van der Waals surface area contributed by atoms with Crippen molar-refractivity contribution in [3.05, 3.63) is 34.9 Å². The highest BCUT2D eigenvalue weighted by molar-refractivity contribution is 6.05. The summed E-state index contributed by atoms with van der Waals surface area (Å²) in [6.45, 7) is 2.50. The average Bonchev–Trinajstić information content (AvgIpc) is 3.42. The van der Waals surface area contributed by atoms with Crippen LogP contribution in [0, 0.1) is 5.92 Å². The molecule has 2 aliphatic heterocycles. The summed E-state index contributed by atoms with van der Waals surface area (Å²) in [5, 5.41) is 5.02. The van der Waals surface area contributed by atoms with Crippen LogP contribution in [0.25, 0.3) is 0 Å². The first-order chi connectivity index (χ1) is 13.9. The fourth-order valence-corrected chi connectivity index (χ4v) is 3.98. The molecule has 2 fully saturated rings. The van der Waals surface area contributed by atoms with Gasteiger partial charge in [0.1, 0.15) is 12.1 Å². The Morgan fingerprint density at radius 2 is 2.07 bits per heavy atom. The lowest BCUT2D eigenvalue weighted by Gasteiger charge is -2.29. The van der Waals surface area contributed by atoms with E-state index in [9.17, 15) is 19.2 Å². The van der Waals surface area contributed by atoms with Crippen molar-refractivity contribution in [1.29, 1.82) is 0 Å². The van der Waals surface area contributed by atoms with Crippen LogP contribution in [0.1, 0.15) is 60.5 Å². The summed E-state index contributed by atoms with van der Waals surface area (Å²) in [5.74, 6) is -0.265. The van der Waals surface area contributed by atoms with E-state index in [-0.39, 0.29) is 30.9 Å². The normalized spacial score (nSPS) is 22.2. The van der Waals surface area contributed by atoms with Gasteiger partial charge in [0.05, 0.1) is 0 Å². The summed E-state index contributed by atoms with van der Waals surface area (Å²) in [7, 11) is 0. The summed E-state index contributed by atoms with van der Waals surface area (Å²) < 4.78 is 5.36. The van der Waals surface area contributed by atoms with Gasteiger partial charge in [-0.3, -0.25) is 19.7 Å². The van der Waals surface area contributed by atoms with Gasteiger partial charge in [0, 0.05) is 25.1 Å². The molecular formula is C21H25N3O5. The molecule has 2 atom stereocenters. The zero-order chi connectivity index (χ0) is 20.5. The van der Waals surface area contributed by atoms with Gasteiger partial charge in [0.15, 0.2) is 0 Å². The smallest absolute Gasteiger partial charge is 0.407 e. The Bertz CT molecular complexity index is 864. The number of hydrogen-bond acceptors (Lipinski definition) is 5. The third-order valence-corrected chi connectivity index (χ3v) is 5.70. The predicted octanol–water partition coefficient (Wildman–Crippen LogP) is 1.86. The van der Waals surface area contributed by atoms with Gasteiger partial charge in [0.25, 0.3) is 5.91 Å². The number of carbonyl (C=O) groups is 4. The second-order valence-corrected chi connectivity index (χ2v) is 8.14. The van der Waals surface area contributed by atoms with Gasteiger partial charge in [0.2, 0.25) is 11.8 Å². The fourth-order valence-electron chi connectivity index (χ4n) is 3.98. The number of benzene rings is 1. The minimum atomic E-state index is -0.628. The molecule has 1 saturated carbocycles. The molecule has 8 nitrogen and oxygen atoms in total. The lowest BCUT2D eigenvalue weighted by atomic mass is 10.0. The zero-order valence-electron chi connectivity index (χ0n) is 16.4. The van der Waals surface area contributed by atoms with E-state index < -0.39 is 18.0 Å². The molecule has 0 bridgehead atoms. The topological polar surface area (TPSA) is 105 Å². The number of carbonyl (C=O) groups excluding carboxylic acids is 4. The van der Waals surface area contributed by atoms with Crippen molar-refractivity contribution < 1.29 is 23.9 Å². The van der Waals surface area contributed by atoms with Crippen molar-refractivity contribution >= 4 is 23.8 Å². The van der Waals surface area contributed by atoms with Crippen LogP contribution in [0.5, 0.6) is 0 Å². The van der Waals surface area contributed by atoms with E-state index in [1.165, 1.54) is 17.7 Å². The van der Waals surface area contributed by atoms with Crippen molar-refractivity contribution in [3.8, 4) is 0 Å². The molecule has 4 rings (SSSR count). The lowest BCUT2D eigenvalue weighted by Crippen LogP contribution is -2.52. The molecule has 1 aromatic carbocycles. The Balaban J connectivity index is 1.34. The number of rotatable bonds is 6. The second kappa shape index (κ2) is 7.85. The van der Waals surface area contributed by atoms with E-state index in [1.54, 1.807) is 6.07 Å². The Hall–Kier alpha value is -2.90. The standard InChI is InChI=1S/C21H25N3O5/c1-12(8-13-2-3-13)29-21(28)22-10-14-4-5-15-11-24(20(27)16(15)9-14)17-6-7-18(25)23-19(17)26/h4-5,9,12-13,17H,2-3,6-8,10-11H2,1H3,(H,22,28)(H,23,25,26)/t12-,17?/m1/s1. The number of fused-ring (bicyclic) bond motifs is 1. The predicted molar refractivity (Wildman–Crippen MR) is 103 cm³/mol. The third-order valence-electron chi connectivity index (χ3n) is 5.70. The zero-order valence-corrected chi connectivity index (χ0v) is 16.4. The molecule has 8 heteroatoms. The highest BCUT2D eigenvalue weighted by Gasteiger charge is 2.39. The summed E-state index contributed by atoms with van der Waals surface area (Å²) >= 11 is 0. The average molecular weight is 399 g/mol. The van der Waals surface area contributed by atoms with Gasteiger partial charge in [-0.05, 0) is 42.9 Å². The van der Waals surface area contributed by atoms with Gasteiger partial charge < -0.3 is 15.0 Å². The van der Waals surface area contributed by atoms with Crippen LogP contribution in [0.15, 0.2) is 18.2 Å². The number of amides is 4. The van der Waals surface area contributed by atoms with Crippen LogP contribution in [0.2, 0.25) is 0 Å². The van der Waals surface area contributed by atoms with Crippen molar-refractivity contribution in [2.75, 3.05) is 0 Å². The molecule has 154 valence electrons. The van der Waals surface area contributed by atoms with Crippen molar-refractivity contribution in [2.45, 2.75) is 64.3 Å². The second-order valence-electron chi connectivity index (χ2n) is 8.14. The molecule has 29 heavy (non-hydrogen) atoms. The van der Waals surface area contributed by atoms with Crippen LogP contribution in [0.3, 0.4) is 0 Å². The Labute approximate surface area is 169 Å². The number of nitrogens with one attached hydrogen (secondary N) is 2. The van der Waals surface area contributed by atoms with Crippen molar-refractivity contribution in [2.24, 2.45) is 5.92 Å². The number of nitrogens with zero attached hydrogens (tertiary/aromatic N) is 1. The molecule has 0 radical (unpaired) electrons. The van der Waals surface area contributed by atoms with Crippen LogP contribution >= 0.6 is 0 Å². The van der Waals surface area contributed by atoms with Crippen molar-refractivity contribution in [1.82, 2.24) is 15.5 Å². The van der Waals surface area contributed by atoms with Crippen LogP contribution in [-0.4, -0.2) is 40.9 Å². The van der Waals surface area contributed by atoms with E-state index >= 15 is 0 Å². The summed E-state index contributed by atoms with van der Waals surface area (Å²) in [6, 6.07) is 4.82. The first kappa shape index (κ1) is 19.4. The Morgan fingerprint density at radius 3 is 2.79 bits per heavy atom. The summed E-state index contributed by atoms with van der Waals surface area (Å²) in [6.07, 6.45) is 3.33. The maximum absolute atomic E-state index is 12.8. The first-order valence-corrected chi connectivity index (χ1v) is 10.1. The molecule has 1 unspecified atom stereocenters. The van der Waals surface area contributed by atoms with Crippen molar-refractivity contribution in [3.63, 3.8) is 0 Å². The van der Waals surface area contributed by atoms with Gasteiger partial charge in [-0.25, -0.2) is 4.79 Å². The van der Waals surface area contributed by atoms with Gasteiger partial charge in [-0.1, -0.05) is 25.0 Å². The van der Waals surface area contributed by atoms with Crippen LogP contribution in [-0.2, 0) is 27.4 Å². The monoisotopic (exact) mass is 399 g/mol. The largest absolute Gasteiger partial charge is 0.447 e. The van der Waals surface area contributed by atoms with Crippen LogP contribution < -0.4 is 10.6 Å². The molecular weight excluding hydrogens is 374 g/mol. The highest BCUT2D eigenvalue weighted by atomic mass is 16.6. The minimum Gasteiger partial charge on any atom is -0.447 e. The number of hydrogen-bond donors (Lipinski definition) is 2. The van der Waals surface area contributed by atoms with Crippen LogP contribution in [0.4, 0.5) is 4.79 Å². The molecule has 0 aromatic heterocycles. The third kappa shape index (κ3) is 4.41. The molecule has 1 aromatic rings. The van der Waals surface area contributed by atoms with E-state index in [0.717, 1.165) is 17.5 Å². The SMILES string of the molecule is C[C@H](CC1CC1)OC(=O)NCc1ccc2c(c1)C(=O)N(C1CCC(=O)NC1=O)C2. The van der Waals surface area contributed by atoms with Gasteiger partial charge in [-0.2, -0.15) is 0 Å². The number of alkyl carbamates (subject to hydrolysis) is 1. The maximum Gasteiger partial charge on any atom is 0.407 e. The molecule has 2 N–H and O–H groups in total. The molecule has 2 heterocycles. The van der Waals surface area contributed by atoms with Gasteiger partial charge in [-0.15, -0.1) is 0 Å². The number of ether oxygens (including phenoxy) is 1. The quantitative estimate of drug-likeness (QED) is 0.711. The Morgan fingerprint density at radius 1 is 1.28 bits per heavy atom. The first-order valence-electron chi connectivity index (χ1n) is 10.1. The lowest BCUT2D eigenvalue weighted by molar-refractivity contribution is -0.136. The van der Waals surface area contributed by atoms with E-state index in [1.807, 2.05) is 19.1 Å². The molecule has 1 saturated heterocycles. The minimum absolute atomic E-state index is 0.105. The highest BCUT2D eigenvalue weighted by Crippen LogP contribution is 2.34.